The fourth-order valence-electron chi connectivity index (χ4n) is 3.96. The number of benzene rings is 1. The van der Waals surface area contributed by atoms with E-state index in [2.05, 4.69) is 0 Å². The molecule has 1 aromatic carbocycles. The zero-order chi connectivity index (χ0) is 17.4. The Balaban J connectivity index is 1.51. The second-order valence-electron chi connectivity index (χ2n) is 7.49. The van der Waals surface area contributed by atoms with Crippen molar-refractivity contribution in [3.63, 3.8) is 0 Å². The van der Waals surface area contributed by atoms with E-state index in [4.69, 9.17) is 0 Å². The minimum atomic E-state index is -3.48. The van der Waals surface area contributed by atoms with Gasteiger partial charge in [-0.15, -0.1) is 0 Å². The van der Waals surface area contributed by atoms with E-state index < -0.39 is 10.0 Å². The summed E-state index contributed by atoms with van der Waals surface area (Å²) < 4.78 is 27.7. The van der Waals surface area contributed by atoms with Crippen LogP contribution in [-0.4, -0.2) is 49.7 Å². The second kappa shape index (κ2) is 6.72. The lowest BCUT2D eigenvalue weighted by molar-refractivity contribution is -0.132. The molecule has 6 heteroatoms. The number of carbonyl (C=O) groups is 1. The highest BCUT2D eigenvalue weighted by molar-refractivity contribution is 7.89. The molecule has 0 unspecified atom stereocenters. The number of fused-ring (bicyclic) bond motifs is 1. The molecule has 0 atom stereocenters. The van der Waals surface area contributed by atoms with Crippen LogP contribution in [0.4, 0.5) is 0 Å². The number of hydrogen-bond donors (Lipinski definition) is 0. The number of nitrogens with zero attached hydrogens (tertiary/aromatic N) is 2. The summed E-state index contributed by atoms with van der Waals surface area (Å²) in [6, 6.07) is 5.63. The molecule has 136 valence electrons. The summed E-state index contributed by atoms with van der Waals surface area (Å²) in [5.74, 6) is 0.414. The number of sulfonamides is 1. The molecule has 5 nitrogen and oxygen atoms in total. The van der Waals surface area contributed by atoms with Crippen LogP contribution in [0.25, 0.3) is 0 Å². The highest BCUT2D eigenvalue weighted by Crippen LogP contribution is 2.31. The van der Waals surface area contributed by atoms with Gasteiger partial charge in [0.25, 0.3) is 0 Å². The zero-order valence-electron chi connectivity index (χ0n) is 14.6. The minimum absolute atomic E-state index is 0.198. The van der Waals surface area contributed by atoms with Crippen molar-refractivity contribution in [3.05, 3.63) is 29.3 Å². The molecule has 2 fully saturated rings. The van der Waals surface area contributed by atoms with Crippen molar-refractivity contribution in [2.45, 2.75) is 49.8 Å². The van der Waals surface area contributed by atoms with E-state index in [0.29, 0.717) is 37.5 Å². The standard InChI is InChI=1S/C19H26N2O3S/c22-19(16-6-7-16)20-10-3-11-21(13-12-20)25(23,24)18-9-8-15-4-1-2-5-17(15)14-18/h8-9,14,16H,1-7,10-13H2. The molecule has 0 spiro atoms. The van der Waals surface area contributed by atoms with Gasteiger partial charge < -0.3 is 4.90 Å². The molecule has 0 N–H and O–H groups in total. The molecule has 3 aliphatic rings. The maximum atomic E-state index is 13.1. The van der Waals surface area contributed by atoms with Gasteiger partial charge in [0.15, 0.2) is 0 Å². The van der Waals surface area contributed by atoms with E-state index in [1.807, 2.05) is 17.0 Å². The Labute approximate surface area is 150 Å². The lowest BCUT2D eigenvalue weighted by Gasteiger charge is -2.23. The molecule has 2 aliphatic carbocycles. The molecule has 1 saturated heterocycles. The minimum Gasteiger partial charge on any atom is -0.341 e. The van der Waals surface area contributed by atoms with Gasteiger partial charge in [0.1, 0.15) is 0 Å². The summed E-state index contributed by atoms with van der Waals surface area (Å²) in [5, 5.41) is 0. The van der Waals surface area contributed by atoms with Gasteiger partial charge in [0, 0.05) is 32.1 Å². The first-order chi connectivity index (χ1) is 12.1. The van der Waals surface area contributed by atoms with Crippen molar-refractivity contribution in [1.29, 1.82) is 0 Å². The predicted octanol–water partition coefficient (Wildman–Crippen LogP) is 2.20. The Kier molecular flexibility index (Phi) is 4.58. The van der Waals surface area contributed by atoms with Crippen molar-refractivity contribution in [1.82, 2.24) is 9.21 Å². The first-order valence-corrected chi connectivity index (χ1v) is 10.9. The molecule has 0 bridgehead atoms. The maximum Gasteiger partial charge on any atom is 0.243 e. The first-order valence-electron chi connectivity index (χ1n) is 9.46. The topological polar surface area (TPSA) is 57.7 Å². The van der Waals surface area contributed by atoms with Gasteiger partial charge in [-0.3, -0.25) is 4.79 Å². The molecule has 1 heterocycles. The van der Waals surface area contributed by atoms with E-state index in [1.54, 1.807) is 10.4 Å². The largest absolute Gasteiger partial charge is 0.341 e. The molecule has 1 amide bonds. The van der Waals surface area contributed by atoms with Gasteiger partial charge in [-0.05, 0) is 68.2 Å². The third-order valence-corrected chi connectivity index (χ3v) is 7.55. The molecule has 1 aliphatic heterocycles. The molecule has 1 saturated carbocycles. The van der Waals surface area contributed by atoms with Crippen LogP contribution in [0.2, 0.25) is 0 Å². The Morgan fingerprint density at radius 3 is 2.44 bits per heavy atom. The van der Waals surface area contributed by atoms with Crippen molar-refractivity contribution < 1.29 is 13.2 Å². The summed E-state index contributed by atoms with van der Waals surface area (Å²) in [5.41, 5.74) is 2.48. The van der Waals surface area contributed by atoms with Crippen LogP contribution in [0.5, 0.6) is 0 Å². The van der Waals surface area contributed by atoms with Gasteiger partial charge in [0.2, 0.25) is 15.9 Å². The smallest absolute Gasteiger partial charge is 0.243 e. The predicted molar refractivity (Wildman–Crippen MR) is 95.8 cm³/mol. The molecule has 25 heavy (non-hydrogen) atoms. The third kappa shape index (κ3) is 3.47. The second-order valence-corrected chi connectivity index (χ2v) is 9.43. The third-order valence-electron chi connectivity index (χ3n) is 5.65. The van der Waals surface area contributed by atoms with E-state index in [9.17, 15) is 13.2 Å². The number of carbonyl (C=O) groups excluding carboxylic acids is 1. The molecular weight excluding hydrogens is 336 g/mol. The van der Waals surface area contributed by atoms with Gasteiger partial charge in [-0.2, -0.15) is 4.31 Å². The average Bonchev–Trinajstić information content (AvgIpc) is 3.47. The summed E-state index contributed by atoms with van der Waals surface area (Å²) in [6.07, 6.45) is 7.05. The Hall–Kier alpha value is -1.40. The average molecular weight is 362 g/mol. The highest BCUT2D eigenvalue weighted by Gasteiger charge is 2.35. The number of aryl methyl sites for hydroxylation is 2. The molecule has 4 rings (SSSR count). The van der Waals surface area contributed by atoms with E-state index >= 15 is 0 Å². The first kappa shape index (κ1) is 17.0. The normalized spacial score (nSPS) is 22.3. The quantitative estimate of drug-likeness (QED) is 0.828. The van der Waals surface area contributed by atoms with Gasteiger partial charge in [0.05, 0.1) is 4.90 Å². The molecule has 0 aromatic heterocycles. The fourth-order valence-corrected chi connectivity index (χ4v) is 5.48. The summed E-state index contributed by atoms with van der Waals surface area (Å²) in [6.45, 7) is 2.08. The molecule has 1 aromatic rings. The Morgan fingerprint density at radius 2 is 1.68 bits per heavy atom. The zero-order valence-corrected chi connectivity index (χ0v) is 15.4. The van der Waals surface area contributed by atoms with E-state index in [-0.39, 0.29) is 11.8 Å². The lowest BCUT2D eigenvalue weighted by Crippen LogP contribution is -2.38. The van der Waals surface area contributed by atoms with Gasteiger partial charge in [-0.25, -0.2) is 8.42 Å². The van der Waals surface area contributed by atoms with Crippen LogP contribution in [0.15, 0.2) is 23.1 Å². The molecular formula is C19H26N2O3S. The van der Waals surface area contributed by atoms with Gasteiger partial charge >= 0.3 is 0 Å². The monoisotopic (exact) mass is 362 g/mol. The lowest BCUT2D eigenvalue weighted by atomic mass is 9.92. The number of amides is 1. The van der Waals surface area contributed by atoms with Crippen LogP contribution in [-0.2, 0) is 27.7 Å². The summed E-state index contributed by atoms with van der Waals surface area (Å²) in [4.78, 5) is 14.5. The van der Waals surface area contributed by atoms with E-state index in [0.717, 1.165) is 32.1 Å². The Morgan fingerprint density at radius 1 is 0.920 bits per heavy atom. The maximum absolute atomic E-state index is 13.1. The van der Waals surface area contributed by atoms with Crippen LogP contribution in [0, 0.1) is 5.92 Å². The van der Waals surface area contributed by atoms with Crippen LogP contribution in [0.1, 0.15) is 43.2 Å². The van der Waals surface area contributed by atoms with Crippen molar-refractivity contribution in [3.8, 4) is 0 Å². The van der Waals surface area contributed by atoms with Crippen LogP contribution < -0.4 is 0 Å². The highest BCUT2D eigenvalue weighted by atomic mass is 32.2. The Bertz CT molecular complexity index is 771. The van der Waals surface area contributed by atoms with Crippen molar-refractivity contribution in [2.75, 3.05) is 26.2 Å². The van der Waals surface area contributed by atoms with Crippen LogP contribution >= 0.6 is 0 Å². The number of rotatable bonds is 3. The SMILES string of the molecule is O=C(C1CC1)N1CCCN(S(=O)(=O)c2ccc3c(c2)CCCC3)CC1. The van der Waals surface area contributed by atoms with Crippen molar-refractivity contribution in [2.24, 2.45) is 5.92 Å². The van der Waals surface area contributed by atoms with E-state index in [1.165, 1.54) is 17.5 Å². The molecule has 0 radical (unpaired) electrons. The van der Waals surface area contributed by atoms with Crippen molar-refractivity contribution >= 4 is 15.9 Å². The van der Waals surface area contributed by atoms with Crippen LogP contribution in [0.3, 0.4) is 0 Å². The fraction of sp³-hybridized carbons (Fsp3) is 0.632. The summed E-state index contributed by atoms with van der Waals surface area (Å²) >= 11 is 0. The summed E-state index contributed by atoms with van der Waals surface area (Å²) in [7, 11) is -3.48. The van der Waals surface area contributed by atoms with Gasteiger partial charge in [-0.1, -0.05) is 6.07 Å². The number of hydrogen-bond acceptors (Lipinski definition) is 3.